The Morgan fingerprint density at radius 2 is 2.09 bits per heavy atom. The van der Waals surface area contributed by atoms with Gasteiger partial charge < -0.3 is 10.0 Å². The molecule has 1 N–H and O–H groups in total. The highest BCUT2D eigenvalue weighted by Crippen LogP contribution is 2.29. The fourth-order valence-corrected chi connectivity index (χ4v) is 3.04. The summed E-state index contributed by atoms with van der Waals surface area (Å²) in [7, 11) is 1.61. The summed E-state index contributed by atoms with van der Waals surface area (Å²) in [6.07, 6.45) is 0.393. The molecule has 0 fully saturated rings. The number of non-ortho nitro benzene ring substituents is 1. The summed E-state index contributed by atoms with van der Waals surface area (Å²) < 4.78 is 0.799. The highest BCUT2D eigenvalue weighted by Gasteiger charge is 2.16. The third-order valence-corrected chi connectivity index (χ3v) is 4.26. The highest BCUT2D eigenvalue weighted by molar-refractivity contribution is 7.20. The molecule has 2 aromatic rings. The Labute approximate surface area is 129 Å². The van der Waals surface area contributed by atoms with E-state index in [4.69, 9.17) is 5.11 Å². The van der Waals surface area contributed by atoms with E-state index in [9.17, 15) is 19.7 Å². The number of fused-ring (bicyclic) bond motifs is 1. The molecule has 0 aliphatic heterocycles. The lowest BCUT2D eigenvalue weighted by Gasteiger charge is -2.15. The van der Waals surface area contributed by atoms with E-state index < -0.39 is 10.9 Å². The quantitative estimate of drug-likeness (QED) is 0.651. The van der Waals surface area contributed by atoms with Crippen LogP contribution in [0.1, 0.15) is 22.5 Å². The number of thiophene rings is 1. The Balaban J connectivity index is 2.14. The number of carbonyl (C=O) groups is 2. The van der Waals surface area contributed by atoms with Crippen molar-refractivity contribution >= 4 is 39.0 Å². The van der Waals surface area contributed by atoms with E-state index in [1.807, 2.05) is 0 Å². The molecule has 0 aliphatic carbocycles. The number of hydrogen-bond acceptors (Lipinski definition) is 5. The van der Waals surface area contributed by atoms with Crippen molar-refractivity contribution in [1.82, 2.24) is 4.90 Å². The summed E-state index contributed by atoms with van der Waals surface area (Å²) in [6, 6.07) is 6.10. The zero-order valence-corrected chi connectivity index (χ0v) is 12.6. The predicted molar refractivity (Wildman–Crippen MR) is 82.3 cm³/mol. The summed E-state index contributed by atoms with van der Waals surface area (Å²) in [5, 5.41) is 20.0. The number of amides is 1. The van der Waals surface area contributed by atoms with Crippen LogP contribution >= 0.6 is 11.3 Å². The average Bonchev–Trinajstić information content (AvgIpc) is 2.88. The Kier molecular flexibility index (Phi) is 4.71. The van der Waals surface area contributed by atoms with Crippen molar-refractivity contribution in [2.24, 2.45) is 0 Å². The molecule has 0 saturated heterocycles. The topological polar surface area (TPSA) is 101 Å². The Hall–Kier alpha value is -2.48. The molecule has 8 heteroatoms. The minimum atomic E-state index is -0.893. The van der Waals surface area contributed by atoms with Crippen molar-refractivity contribution in [3.8, 4) is 0 Å². The lowest BCUT2D eigenvalue weighted by atomic mass is 10.2. The third kappa shape index (κ3) is 3.59. The van der Waals surface area contributed by atoms with Gasteiger partial charge in [-0.1, -0.05) is 0 Å². The summed E-state index contributed by atoms with van der Waals surface area (Å²) in [6.45, 7) is 0.347. The van der Waals surface area contributed by atoms with Crippen LogP contribution in [0.2, 0.25) is 0 Å². The lowest BCUT2D eigenvalue weighted by molar-refractivity contribution is -0.384. The van der Waals surface area contributed by atoms with Gasteiger partial charge in [-0.3, -0.25) is 19.7 Å². The predicted octanol–water partition coefficient (Wildman–Crippen LogP) is 2.75. The average molecular weight is 322 g/mol. The van der Waals surface area contributed by atoms with Crippen LogP contribution in [0.15, 0.2) is 24.3 Å². The van der Waals surface area contributed by atoms with Crippen LogP contribution in [0.5, 0.6) is 0 Å². The summed E-state index contributed by atoms with van der Waals surface area (Å²) in [5.41, 5.74) is -0.0147. The maximum absolute atomic E-state index is 12.3. The molecule has 1 amide bonds. The first-order valence-electron chi connectivity index (χ1n) is 6.53. The van der Waals surface area contributed by atoms with Crippen LogP contribution in [0, 0.1) is 10.1 Å². The normalized spacial score (nSPS) is 10.6. The summed E-state index contributed by atoms with van der Waals surface area (Å²) in [4.78, 5) is 34.9. The molecule has 1 aromatic heterocycles. The molecule has 0 unspecified atom stereocenters. The van der Waals surface area contributed by atoms with Crippen LogP contribution in [0.4, 0.5) is 5.69 Å². The Morgan fingerprint density at radius 3 is 2.73 bits per heavy atom. The first-order valence-corrected chi connectivity index (χ1v) is 7.35. The van der Waals surface area contributed by atoms with Crippen LogP contribution in [0.3, 0.4) is 0 Å². The Bertz CT molecular complexity index is 740. The number of hydrogen-bond donors (Lipinski definition) is 1. The molecule has 1 aromatic carbocycles. The van der Waals surface area contributed by atoms with Gasteiger partial charge in [0, 0.05) is 42.2 Å². The van der Waals surface area contributed by atoms with E-state index >= 15 is 0 Å². The van der Waals surface area contributed by atoms with Crippen LogP contribution in [-0.4, -0.2) is 40.4 Å². The molecule has 1 heterocycles. The number of nitro benzene ring substituents is 1. The standard InChI is InChI=1S/C14H14N2O5S/c1-15(6-2-3-13(17)18)14(19)12-8-9-7-10(16(20)21)4-5-11(9)22-12/h4-5,7-8H,2-3,6H2,1H3,(H,17,18). The van der Waals surface area contributed by atoms with Gasteiger partial charge >= 0.3 is 5.97 Å². The number of carbonyl (C=O) groups excluding carboxylic acids is 1. The van der Waals surface area contributed by atoms with Crippen molar-refractivity contribution in [3.05, 3.63) is 39.3 Å². The Morgan fingerprint density at radius 1 is 1.36 bits per heavy atom. The first kappa shape index (κ1) is 15.9. The van der Waals surface area contributed by atoms with E-state index in [-0.39, 0.29) is 18.0 Å². The van der Waals surface area contributed by atoms with Crippen molar-refractivity contribution in [1.29, 1.82) is 0 Å². The molecule has 116 valence electrons. The van der Waals surface area contributed by atoms with Crippen LogP contribution in [0.25, 0.3) is 10.1 Å². The van der Waals surface area contributed by atoms with Gasteiger partial charge in [0.05, 0.1) is 9.80 Å². The second kappa shape index (κ2) is 6.52. The van der Waals surface area contributed by atoms with E-state index in [1.54, 1.807) is 19.2 Å². The van der Waals surface area contributed by atoms with E-state index in [2.05, 4.69) is 0 Å². The molecular weight excluding hydrogens is 308 g/mol. The number of aliphatic carboxylic acids is 1. The molecule has 0 bridgehead atoms. The van der Waals surface area contributed by atoms with Crippen molar-refractivity contribution in [2.45, 2.75) is 12.8 Å². The maximum atomic E-state index is 12.3. The molecule has 7 nitrogen and oxygen atoms in total. The molecule has 0 atom stereocenters. The molecule has 22 heavy (non-hydrogen) atoms. The summed E-state index contributed by atoms with van der Waals surface area (Å²) >= 11 is 1.26. The van der Waals surface area contributed by atoms with E-state index in [1.165, 1.54) is 28.4 Å². The van der Waals surface area contributed by atoms with Crippen LogP contribution < -0.4 is 0 Å². The maximum Gasteiger partial charge on any atom is 0.303 e. The molecule has 0 saturated carbocycles. The van der Waals surface area contributed by atoms with Gasteiger partial charge in [-0.25, -0.2) is 0 Å². The number of nitro groups is 1. The van der Waals surface area contributed by atoms with Gasteiger partial charge in [-0.2, -0.15) is 0 Å². The fraction of sp³-hybridized carbons (Fsp3) is 0.286. The fourth-order valence-electron chi connectivity index (χ4n) is 2.01. The van der Waals surface area contributed by atoms with Gasteiger partial charge in [0.25, 0.3) is 11.6 Å². The molecular formula is C14H14N2O5S. The largest absolute Gasteiger partial charge is 0.481 e. The van der Waals surface area contributed by atoms with Gasteiger partial charge in [0.2, 0.25) is 0 Å². The zero-order chi connectivity index (χ0) is 16.3. The molecule has 0 aliphatic rings. The lowest BCUT2D eigenvalue weighted by Crippen LogP contribution is -2.27. The van der Waals surface area contributed by atoms with Crippen molar-refractivity contribution < 1.29 is 19.6 Å². The second-order valence-corrected chi connectivity index (χ2v) is 5.90. The molecule has 2 rings (SSSR count). The summed E-state index contributed by atoms with van der Waals surface area (Å²) in [5.74, 6) is -1.11. The smallest absolute Gasteiger partial charge is 0.303 e. The minimum Gasteiger partial charge on any atom is -0.481 e. The van der Waals surface area contributed by atoms with Crippen molar-refractivity contribution in [3.63, 3.8) is 0 Å². The number of nitrogens with zero attached hydrogens (tertiary/aromatic N) is 2. The van der Waals surface area contributed by atoms with Gasteiger partial charge in [-0.05, 0) is 18.6 Å². The van der Waals surface area contributed by atoms with Crippen LogP contribution in [-0.2, 0) is 4.79 Å². The van der Waals surface area contributed by atoms with Gasteiger partial charge in [-0.15, -0.1) is 11.3 Å². The van der Waals surface area contributed by atoms with E-state index in [0.717, 1.165) is 4.70 Å². The van der Waals surface area contributed by atoms with E-state index in [0.29, 0.717) is 23.2 Å². The highest BCUT2D eigenvalue weighted by atomic mass is 32.1. The first-order chi connectivity index (χ1) is 10.4. The van der Waals surface area contributed by atoms with Gasteiger partial charge in [0.1, 0.15) is 0 Å². The van der Waals surface area contributed by atoms with Gasteiger partial charge in [0.15, 0.2) is 0 Å². The molecule has 0 radical (unpaired) electrons. The monoisotopic (exact) mass is 322 g/mol. The minimum absolute atomic E-state index is 0.0101. The number of rotatable bonds is 6. The third-order valence-electron chi connectivity index (χ3n) is 3.15. The molecule has 0 spiro atoms. The number of benzene rings is 1. The number of carboxylic acid groups (broad SMARTS) is 1. The SMILES string of the molecule is CN(CCCC(=O)O)C(=O)c1cc2cc([N+](=O)[O-])ccc2s1. The second-order valence-electron chi connectivity index (χ2n) is 4.81. The van der Waals surface area contributed by atoms with Crippen molar-refractivity contribution in [2.75, 3.05) is 13.6 Å². The number of carboxylic acids is 1. The zero-order valence-electron chi connectivity index (χ0n) is 11.8.